The summed E-state index contributed by atoms with van der Waals surface area (Å²) in [4.78, 5) is 29.3. The van der Waals surface area contributed by atoms with Crippen LogP contribution in [-0.2, 0) is 20.7 Å². The highest BCUT2D eigenvalue weighted by Gasteiger charge is 2.46. The van der Waals surface area contributed by atoms with Crippen molar-refractivity contribution in [3.63, 3.8) is 0 Å². The van der Waals surface area contributed by atoms with Crippen molar-refractivity contribution in [2.24, 2.45) is 5.41 Å². The lowest BCUT2D eigenvalue weighted by Gasteiger charge is -2.32. The summed E-state index contributed by atoms with van der Waals surface area (Å²) in [6, 6.07) is 18.5. The van der Waals surface area contributed by atoms with Gasteiger partial charge in [-0.1, -0.05) is 54.6 Å². The monoisotopic (exact) mass is 394 g/mol. The van der Waals surface area contributed by atoms with E-state index in [2.05, 4.69) is 24.3 Å². The molecule has 0 N–H and O–H groups in total. The fourth-order valence-corrected chi connectivity index (χ4v) is 4.24. The largest absolute Gasteiger partial charge is 0.384 e. The van der Waals surface area contributed by atoms with Gasteiger partial charge in [0, 0.05) is 34.3 Å². The standard InChI is InChI=1S/C24H30N2O3/c1-25(2)23(28)24(14-15-26(18-24)22(27)13-16-29-3)17-20-11-7-8-12-21(20)19-9-5-4-6-10-19/h4-12H,13-18H2,1-3H3. The van der Waals surface area contributed by atoms with Crippen LogP contribution in [0, 0.1) is 5.41 Å². The van der Waals surface area contributed by atoms with Gasteiger partial charge in [0.1, 0.15) is 0 Å². The Balaban J connectivity index is 1.91. The molecule has 0 bridgehead atoms. The second-order valence-electron chi connectivity index (χ2n) is 7.99. The van der Waals surface area contributed by atoms with Crippen LogP contribution in [0.4, 0.5) is 0 Å². The number of amides is 2. The number of carbonyl (C=O) groups excluding carboxylic acids is 2. The van der Waals surface area contributed by atoms with E-state index in [-0.39, 0.29) is 11.8 Å². The van der Waals surface area contributed by atoms with Crippen molar-refractivity contribution in [3.8, 4) is 11.1 Å². The molecule has 29 heavy (non-hydrogen) atoms. The average molecular weight is 395 g/mol. The van der Waals surface area contributed by atoms with Gasteiger partial charge in [-0.25, -0.2) is 0 Å². The number of benzene rings is 2. The maximum absolute atomic E-state index is 13.3. The molecule has 0 aromatic heterocycles. The number of ether oxygens (including phenoxy) is 1. The van der Waals surface area contributed by atoms with Gasteiger partial charge in [-0.2, -0.15) is 0 Å². The molecule has 1 fully saturated rings. The summed E-state index contributed by atoms with van der Waals surface area (Å²) in [5.74, 6) is 0.138. The molecule has 1 aliphatic heterocycles. The predicted octanol–water partition coefficient (Wildman–Crippen LogP) is 3.24. The first-order valence-corrected chi connectivity index (χ1v) is 10.1. The SMILES string of the molecule is COCCC(=O)N1CCC(Cc2ccccc2-c2ccccc2)(C(=O)N(C)C)C1. The van der Waals surface area contributed by atoms with E-state index in [4.69, 9.17) is 4.74 Å². The molecule has 2 aromatic carbocycles. The summed E-state index contributed by atoms with van der Waals surface area (Å²) in [6.07, 6.45) is 1.64. The van der Waals surface area contributed by atoms with Gasteiger partial charge in [-0.3, -0.25) is 9.59 Å². The van der Waals surface area contributed by atoms with Crippen LogP contribution in [-0.4, -0.2) is 62.5 Å². The van der Waals surface area contributed by atoms with E-state index in [1.807, 2.05) is 35.2 Å². The van der Waals surface area contributed by atoms with Crippen molar-refractivity contribution in [1.29, 1.82) is 0 Å². The topological polar surface area (TPSA) is 49.9 Å². The Bertz CT molecular complexity index is 850. The first-order valence-electron chi connectivity index (χ1n) is 10.1. The third-order valence-electron chi connectivity index (χ3n) is 5.72. The zero-order chi connectivity index (χ0) is 20.9. The van der Waals surface area contributed by atoms with E-state index < -0.39 is 5.41 Å². The third kappa shape index (κ3) is 4.67. The summed E-state index contributed by atoms with van der Waals surface area (Å²) in [5.41, 5.74) is 2.82. The number of rotatable bonds is 7. The molecule has 2 aromatic rings. The Labute approximate surface area is 173 Å². The molecule has 0 aliphatic carbocycles. The van der Waals surface area contributed by atoms with E-state index in [0.717, 1.165) is 16.7 Å². The van der Waals surface area contributed by atoms with E-state index in [1.54, 1.807) is 26.1 Å². The van der Waals surface area contributed by atoms with Crippen LogP contribution in [0.1, 0.15) is 18.4 Å². The Kier molecular flexibility index (Phi) is 6.70. The smallest absolute Gasteiger partial charge is 0.230 e. The number of methoxy groups -OCH3 is 1. The second-order valence-corrected chi connectivity index (χ2v) is 7.99. The van der Waals surface area contributed by atoms with Crippen LogP contribution >= 0.6 is 0 Å². The molecule has 0 spiro atoms. The van der Waals surface area contributed by atoms with Crippen molar-refractivity contribution in [1.82, 2.24) is 9.80 Å². The first kappa shape index (κ1) is 21.1. The van der Waals surface area contributed by atoms with Gasteiger partial charge in [0.25, 0.3) is 0 Å². The minimum Gasteiger partial charge on any atom is -0.384 e. The predicted molar refractivity (Wildman–Crippen MR) is 114 cm³/mol. The molecule has 3 rings (SSSR count). The van der Waals surface area contributed by atoms with Crippen molar-refractivity contribution >= 4 is 11.8 Å². The van der Waals surface area contributed by atoms with E-state index in [9.17, 15) is 9.59 Å². The quantitative estimate of drug-likeness (QED) is 0.724. The van der Waals surface area contributed by atoms with E-state index in [0.29, 0.717) is 39.0 Å². The van der Waals surface area contributed by atoms with Crippen LogP contribution in [0.3, 0.4) is 0 Å². The van der Waals surface area contributed by atoms with Gasteiger partial charge >= 0.3 is 0 Å². The molecule has 2 amide bonds. The van der Waals surface area contributed by atoms with Gasteiger partial charge in [-0.15, -0.1) is 0 Å². The second kappa shape index (κ2) is 9.23. The van der Waals surface area contributed by atoms with Gasteiger partial charge in [-0.05, 0) is 29.5 Å². The number of nitrogens with zero attached hydrogens (tertiary/aromatic N) is 2. The van der Waals surface area contributed by atoms with E-state index >= 15 is 0 Å². The average Bonchev–Trinajstić information content (AvgIpc) is 3.17. The number of likely N-dealkylation sites (tertiary alicyclic amines) is 1. The molecular formula is C24H30N2O3. The van der Waals surface area contributed by atoms with Crippen molar-refractivity contribution in [2.75, 3.05) is 40.9 Å². The summed E-state index contributed by atoms with van der Waals surface area (Å²) >= 11 is 0. The Hall–Kier alpha value is -2.66. The van der Waals surface area contributed by atoms with Crippen LogP contribution in [0.25, 0.3) is 11.1 Å². The zero-order valence-electron chi connectivity index (χ0n) is 17.6. The Morgan fingerprint density at radius 3 is 2.45 bits per heavy atom. The normalized spacial score (nSPS) is 18.7. The Morgan fingerprint density at radius 2 is 1.76 bits per heavy atom. The molecule has 1 unspecified atom stereocenters. The number of hydrogen-bond donors (Lipinski definition) is 0. The van der Waals surface area contributed by atoms with Crippen LogP contribution in [0.2, 0.25) is 0 Å². The number of hydrogen-bond acceptors (Lipinski definition) is 3. The molecule has 1 atom stereocenters. The fourth-order valence-electron chi connectivity index (χ4n) is 4.24. The van der Waals surface area contributed by atoms with Crippen molar-refractivity contribution < 1.29 is 14.3 Å². The van der Waals surface area contributed by atoms with Gasteiger partial charge in [0.05, 0.1) is 18.4 Å². The van der Waals surface area contributed by atoms with Crippen molar-refractivity contribution in [3.05, 3.63) is 60.2 Å². The van der Waals surface area contributed by atoms with Gasteiger partial charge in [0.15, 0.2) is 0 Å². The molecule has 1 heterocycles. The lowest BCUT2D eigenvalue weighted by atomic mass is 9.77. The molecule has 0 radical (unpaired) electrons. The summed E-state index contributed by atoms with van der Waals surface area (Å²) in [6.45, 7) is 1.46. The summed E-state index contributed by atoms with van der Waals surface area (Å²) in [5, 5.41) is 0. The number of carbonyl (C=O) groups is 2. The van der Waals surface area contributed by atoms with Crippen molar-refractivity contribution in [2.45, 2.75) is 19.3 Å². The summed E-state index contributed by atoms with van der Waals surface area (Å²) in [7, 11) is 5.18. The van der Waals surface area contributed by atoms with Gasteiger partial charge in [0.2, 0.25) is 11.8 Å². The molecule has 5 nitrogen and oxygen atoms in total. The van der Waals surface area contributed by atoms with Gasteiger partial charge < -0.3 is 14.5 Å². The highest BCUT2D eigenvalue weighted by molar-refractivity contribution is 5.86. The maximum atomic E-state index is 13.3. The lowest BCUT2D eigenvalue weighted by molar-refractivity contribution is -0.139. The lowest BCUT2D eigenvalue weighted by Crippen LogP contribution is -2.44. The molecule has 0 saturated carbocycles. The summed E-state index contributed by atoms with van der Waals surface area (Å²) < 4.78 is 5.05. The molecule has 154 valence electrons. The zero-order valence-corrected chi connectivity index (χ0v) is 17.6. The minimum absolute atomic E-state index is 0.0524. The Morgan fingerprint density at radius 1 is 1.07 bits per heavy atom. The molecule has 5 heteroatoms. The molecule has 1 saturated heterocycles. The molecular weight excluding hydrogens is 364 g/mol. The third-order valence-corrected chi connectivity index (χ3v) is 5.72. The minimum atomic E-state index is -0.600. The maximum Gasteiger partial charge on any atom is 0.230 e. The van der Waals surface area contributed by atoms with Crippen LogP contribution < -0.4 is 0 Å². The highest BCUT2D eigenvalue weighted by atomic mass is 16.5. The van der Waals surface area contributed by atoms with Crippen LogP contribution in [0.5, 0.6) is 0 Å². The van der Waals surface area contributed by atoms with E-state index in [1.165, 1.54) is 0 Å². The fraction of sp³-hybridized carbons (Fsp3) is 0.417. The van der Waals surface area contributed by atoms with Crippen LogP contribution in [0.15, 0.2) is 54.6 Å². The highest BCUT2D eigenvalue weighted by Crippen LogP contribution is 2.38. The molecule has 1 aliphatic rings. The first-order chi connectivity index (χ1) is 14.0.